The van der Waals surface area contributed by atoms with E-state index in [1.165, 1.54) is 0 Å². The van der Waals surface area contributed by atoms with Crippen LogP contribution in [-0.2, 0) is 0 Å². The summed E-state index contributed by atoms with van der Waals surface area (Å²) in [7, 11) is 0. The van der Waals surface area contributed by atoms with Crippen molar-refractivity contribution >= 4 is 55.4 Å². The lowest BCUT2D eigenvalue weighted by molar-refractivity contribution is 1.06. The summed E-state index contributed by atoms with van der Waals surface area (Å²) in [4.78, 5) is 14.2. The van der Waals surface area contributed by atoms with Crippen LogP contribution in [-0.4, -0.2) is 4.57 Å². The number of pyridine rings is 1. The van der Waals surface area contributed by atoms with Gasteiger partial charge in [0.2, 0.25) is 0 Å². The molecule has 0 N–H and O–H groups in total. The van der Waals surface area contributed by atoms with Gasteiger partial charge in [-0.05, 0) is 108 Å². The molecular formula is C49H33NO. The fourth-order valence-electron chi connectivity index (χ4n) is 7.80. The van der Waals surface area contributed by atoms with Crippen molar-refractivity contribution in [1.29, 1.82) is 0 Å². The Balaban J connectivity index is 1.33. The lowest BCUT2D eigenvalue weighted by Crippen LogP contribution is -2.19. The Morgan fingerprint density at radius 2 is 0.961 bits per heavy atom. The van der Waals surface area contributed by atoms with Crippen LogP contribution in [0.1, 0.15) is 11.1 Å². The molecule has 0 amide bonds. The van der Waals surface area contributed by atoms with Gasteiger partial charge < -0.3 is 0 Å². The van der Waals surface area contributed by atoms with Crippen LogP contribution in [0.25, 0.3) is 94.4 Å². The maximum Gasteiger partial charge on any atom is 0.263 e. The van der Waals surface area contributed by atoms with Gasteiger partial charge in [0.05, 0.1) is 5.52 Å². The molecular weight excluding hydrogens is 619 g/mol. The van der Waals surface area contributed by atoms with Gasteiger partial charge in [-0.25, -0.2) is 0 Å². The summed E-state index contributed by atoms with van der Waals surface area (Å²) in [6.07, 6.45) is 3.93. The number of nitrogens with zero attached hydrogens (tertiary/aromatic N) is 1. The van der Waals surface area contributed by atoms with E-state index >= 15 is 0 Å². The third-order valence-corrected chi connectivity index (χ3v) is 10.1. The minimum Gasteiger partial charge on any atom is -0.276 e. The Morgan fingerprint density at radius 1 is 0.412 bits per heavy atom. The van der Waals surface area contributed by atoms with Crippen LogP contribution in [0.2, 0.25) is 0 Å². The van der Waals surface area contributed by atoms with Gasteiger partial charge in [-0.3, -0.25) is 9.36 Å². The summed E-state index contributed by atoms with van der Waals surface area (Å²) in [5.74, 6) is 0. The summed E-state index contributed by atoms with van der Waals surface area (Å²) >= 11 is 0. The summed E-state index contributed by atoms with van der Waals surface area (Å²) in [6.45, 7) is 8.56. The first-order valence-corrected chi connectivity index (χ1v) is 17.2. The molecule has 0 fully saturated rings. The third-order valence-electron chi connectivity index (χ3n) is 10.1. The molecule has 9 rings (SSSR count). The summed E-state index contributed by atoms with van der Waals surface area (Å²) in [6, 6.07) is 56.8. The number of fused-ring (bicyclic) bond motifs is 5. The zero-order valence-electron chi connectivity index (χ0n) is 28.0. The minimum absolute atomic E-state index is 0.0252. The van der Waals surface area contributed by atoms with E-state index in [0.717, 1.165) is 88.0 Å². The number of benzene rings is 8. The van der Waals surface area contributed by atoms with Crippen LogP contribution in [0.5, 0.6) is 0 Å². The summed E-state index contributed by atoms with van der Waals surface area (Å²) in [5.41, 5.74) is 10.5. The second-order valence-corrected chi connectivity index (χ2v) is 12.9. The van der Waals surface area contributed by atoms with E-state index < -0.39 is 0 Å². The normalized spacial score (nSPS) is 11.4. The molecule has 1 aromatic heterocycles. The zero-order valence-corrected chi connectivity index (χ0v) is 28.0. The fraction of sp³-hybridized carbons (Fsp3) is 0. The van der Waals surface area contributed by atoms with Crippen LogP contribution in [0, 0.1) is 0 Å². The second kappa shape index (κ2) is 12.3. The van der Waals surface area contributed by atoms with Crippen LogP contribution < -0.4 is 5.56 Å². The SMILES string of the molecule is C=Cc1c(C=C)c(-c2ccccc2)c2cc(-c3ccc4c(c3)c3ccccc3c(=O)n4-c3ccc4ccccc4c3)ccc2c1-c1ccccc1. The second-order valence-electron chi connectivity index (χ2n) is 12.9. The summed E-state index contributed by atoms with van der Waals surface area (Å²) in [5, 5.41) is 7.20. The maximum atomic E-state index is 14.2. The molecule has 0 saturated heterocycles. The number of hydrogen-bond acceptors (Lipinski definition) is 1. The lowest BCUT2D eigenvalue weighted by Gasteiger charge is -2.21. The van der Waals surface area contributed by atoms with Gasteiger partial charge in [-0.15, -0.1) is 0 Å². The minimum atomic E-state index is -0.0252. The van der Waals surface area contributed by atoms with Crippen LogP contribution in [0.3, 0.4) is 0 Å². The Kier molecular flexibility index (Phi) is 7.30. The first-order valence-electron chi connectivity index (χ1n) is 17.2. The molecule has 0 saturated carbocycles. The van der Waals surface area contributed by atoms with Crippen molar-refractivity contribution in [1.82, 2.24) is 4.57 Å². The van der Waals surface area contributed by atoms with Crippen LogP contribution >= 0.6 is 0 Å². The Labute approximate surface area is 296 Å². The van der Waals surface area contributed by atoms with E-state index in [1.54, 1.807) is 0 Å². The van der Waals surface area contributed by atoms with Gasteiger partial charge in [0.15, 0.2) is 0 Å². The highest BCUT2D eigenvalue weighted by molar-refractivity contribution is 6.13. The topological polar surface area (TPSA) is 22.0 Å². The molecule has 0 aliphatic carbocycles. The van der Waals surface area contributed by atoms with Gasteiger partial charge in [0, 0.05) is 16.5 Å². The molecule has 51 heavy (non-hydrogen) atoms. The monoisotopic (exact) mass is 651 g/mol. The predicted octanol–water partition coefficient (Wildman–Crippen LogP) is 12.7. The van der Waals surface area contributed by atoms with Crippen molar-refractivity contribution in [2.24, 2.45) is 0 Å². The highest BCUT2D eigenvalue weighted by atomic mass is 16.1. The van der Waals surface area contributed by atoms with Crippen molar-refractivity contribution in [3.8, 4) is 39.1 Å². The molecule has 0 aliphatic rings. The van der Waals surface area contributed by atoms with Crippen molar-refractivity contribution in [3.05, 3.63) is 198 Å². The molecule has 0 atom stereocenters. The van der Waals surface area contributed by atoms with Gasteiger partial charge in [0.1, 0.15) is 0 Å². The van der Waals surface area contributed by atoms with Crippen molar-refractivity contribution in [2.75, 3.05) is 0 Å². The molecule has 1 heterocycles. The zero-order chi connectivity index (χ0) is 34.5. The van der Waals surface area contributed by atoms with E-state index in [-0.39, 0.29) is 5.56 Å². The van der Waals surface area contributed by atoms with E-state index in [4.69, 9.17) is 0 Å². The molecule has 2 heteroatoms. The smallest absolute Gasteiger partial charge is 0.263 e. The van der Waals surface area contributed by atoms with Gasteiger partial charge >= 0.3 is 0 Å². The molecule has 2 nitrogen and oxygen atoms in total. The Morgan fingerprint density at radius 3 is 1.63 bits per heavy atom. The summed E-state index contributed by atoms with van der Waals surface area (Å²) < 4.78 is 1.86. The maximum absolute atomic E-state index is 14.2. The average molecular weight is 652 g/mol. The van der Waals surface area contributed by atoms with Crippen LogP contribution in [0.4, 0.5) is 0 Å². The Bertz CT molecular complexity index is 2900. The average Bonchev–Trinajstić information content (AvgIpc) is 3.20. The van der Waals surface area contributed by atoms with E-state index in [9.17, 15) is 4.79 Å². The van der Waals surface area contributed by atoms with Gasteiger partial charge in [0.25, 0.3) is 5.56 Å². The van der Waals surface area contributed by atoms with E-state index in [2.05, 4.69) is 128 Å². The molecule has 9 aromatic rings. The van der Waals surface area contributed by atoms with Crippen molar-refractivity contribution < 1.29 is 0 Å². The molecule has 0 aliphatic heterocycles. The highest BCUT2D eigenvalue weighted by Crippen LogP contribution is 2.44. The fourth-order valence-corrected chi connectivity index (χ4v) is 7.80. The molecule has 0 unspecified atom stereocenters. The largest absolute Gasteiger partial charge is 0.276 e. The number of aromatic nitrogens is 1. The third kappa shape index (κ3) is 4.92. The van der Waals surface area contributed by atoms with Gasteiger partial charge in [-0.1, -0.05) is 153 Å². The van der Waals surface area contributed by atoms with Gasteiger partial charge in [-0.2, -0.15) is 0 Å². The number of rotatable bonds is 6. The first-order chi connectivity index (χ1) is 25.1. The molecule has 0 radical (unpaired) electrons. The van der Waals surface area contributed by atoms with Crippen molar-refractivity contribution in [3.63, 3.8) is 0 Å². The van der Waals surface area contributed by atoms with E-state index in [1.807, 2.05) is 65.3 Å². The standard InChI is InChI=1S/C49H33NO/c1-3-39-40(4-2)48(34-18-9-6-10-19-34)45-31-36(24-27-42(45)47(39)33-16-7-5-8-17-33)37-25-28-46-44(30-37)41-21-13-14-22-43(41)49(51)50(46)38-26-23-32-15-11-12-20-35(32)29-38/h3-31H,1-2H2. The molecule has 0 spiro atoms. The molecule has 0 bridgehead atoms. The van der Waals surface area contributed by atoms with Crippen LogP contribution in [0.15, 0.2) is 182 Å². The van der Waals surface area contributed by atoms with Crippen molar-refractivity contribution in [2.45, 2.75) is 0 Å². The van der Waals surface area contributed by atoms with E-state index in [0.29, 0.717) is 5.39 Å². The quantitative estimate of drug-likeness (QED) is 0.164. The number of hydrogen-bond donors (Lipinski definition) is 0. The molecule has 8 aromatic carbocycles. The molecule has 240 valence electrons. The predicted molar refractivity (Wildman–Crippen MR) is 219 cm³/mol. The lowest BCUT2D eigenvalue weighted by atomic mass is 9.82. The highest BCUT2D eigenvalue weighted by Gasteiger charge is 2.20. The first kappa shape index (κ1) is 30.3. The Hall–Kier alpha value is -6.77.